The van der Waals surface area contributed by atoms with Crippen LogP contribution in [-0.2, 0) is 26.3 Å². The lowest BCUT2D eigenvalue weighted by Gasteiger charge is -2.29. The average molecular weight is 443 g/mol. The number of benzene rings is 2. The topological polar surface area (TPSA) is 70.8 Å². The summed E-state index contributed by atoms with van der Waals surface area (Å²) >= 11 is 0. The summed E-state index contributed by atoms with van der Waals surface area (Å²) in [6, 6.07) is 21.2. The van der Waals surface area contributed by atoms with Gasteiger partial charge in [0.25, 0.3) is 0 Å². The van der Waals surface area contributed by atoms with Crippen LogP contribution in [0, 0.1) is 0 Å². The summed E-state index contributed by atoms with van der Waals surface area (Å²) in [6.45, 7) is 0.309. The highest BCUT2D eigenvalue weighted by Gasteiger charge is 2.57. The minimum absolute atomic E-state index is 0.0212. The molecule has 0 radical (unpaired) electrons. The molecule has 0 spiro atoms. The van der Waals surface area contributed by atoms with Crippen molar-refractivity contribution < 1.29 is 18.8 Å². The molecule has 3 amide bonds. The zero-order chi connectivity index (χ0) is 23.0. The van der Waals surface area contributed by atoms with Gasteiger partial charge >= 0.3 is 0 Å². The van der Waals surface area contributed by atoms with Crippen LogP contribution >= 0.6 is 0 Å². The van der Waals surface area contributed by atoms with Crippen molar-refractivity contribution in [3.63, 3.8) is 0 Å². The first-order valence-electron chi connectivity index (χ1n) is 11.3. The Labute approximate surface area is 192 Å². The summed E-state index contributed by atoms with van der Waals surface area (Å²) < 4.78 is 5.36. The summed E-state index contributed by atoms with van der Waals surface area (Å²) in [7, 11) is 1.69. The van der Waals surface area contributed by atoms with Crippen molar-refractivity contribution in [3.05, 3.63) is 84.3 Å². The maximum Gasteiger partial charge on any atom is 0.241 e. The maximum absolute atomic E-state index is 13.7. The number of carbonyl (C=O) groups is 3. The third kappa shape index (κ3) is 3.97. The van der Waals surface area contributed by atoms with Gasteiger partial charge in [-0.3, -0.25) is 19.3 Å². The maximum atomic E-state index is 13.7. The lowest BCUT2D eigenvalue weighted by atomic mass is 9.75. The van der Waals surface area contributed by atoms with E-state index in [2.05, 4.69) is 0 Å². The fourth-order valence-corrected chi connectivity index (χ4v) is 4.66. The molecule has 1 atom stereocenters. The van der Waals surface area contributed by atoms with Gasteiger partial charge in [0, 0.05) is 25.9 Å². The summed E-state index contributed by atoms with van der Waals surface area (Å²) in [5.41, 5.74) is 1.62. The molecule has 2 aliphatic rings. The van der Waals surface area contributed by atoms with E-state index in [1.165, 1.54) is 4.90 Å². The average Bonchev–Trinajstić information content (AvgIpc) is 3.46. The highest BCUT2D eigenvalue weighted by Crippen LogP contribution is 2.44. The predicted molar refractivity (Wildman–Crippen MR) is 123 cm³/mol. The van der Waals surface area contributed by atoms with E-state index >= 15 is 0 Å². The first kappa shape index (κ1) is 21.2. The van der Waals surface area contributed by atoms with Crippen LogP contribution in [0.2, 0.25) is 0 Å². The molecule has 1 saturated heterocycles. The van der Waals surface area contributed by atoms with Crippen LogP contribution in [0.4, 0.5) is 0 Å². The van der Waals surface area contributed by atoms with E-state index in [4.69, 9.17) is 4.42 Å². The van der Waals surface area contributed by atoms with Crippen molar-refractivity contribution in [2.75, 3.05) is 7.05 Å². The number of imide groups is 1. The quantitative estimate of drug-likeness (QED) is 0.516. The van der Waals surface area contributed by atoms with E-state index in [1.807, 2.05) is 54.6 Å². The fraction of sp³-hybridized carbons (Fsp3) is 0.296. The second-order valence-corrected chi connectivity index (χ2v) is 9.01. The van der Waals surface area contributed by atoms with Crippen molar-refractivity contribution in [3.8, 4) is 11.1 Å². The number of hydrogen-bond acceptors (Lipinski definition) is 4. The molecule has 2 heterocycles. The lowest BCUT2D eigenvalue weighted by molar-refractivity contribution is -0.143. The SMILES string of the molecule is CN(Cc1ccco1)C(=O)C[C@@]1(c2ccc(-c3ccccc3)cc2)CC(=O)N(C2CC2)C1=O. The van der Waals surface area contributed by atoms with E-state index < -0.39 is 5.41 Å². The van der Waals surface area contributed by atoms with Gasteiger partial charge in [-0.2, -0.15) is 0 Å². The molecule has 2 aromatic carbocycles. The van der Waals surface area contributed by atoms with Crippen LogP contribution in [0.15, 0.2) is 77.4 Å². The summed E-state index contributed by atoms with van der Waals surface area (Å²) in [6.07, 6.45) is 3.21. The predicted octanol–water partition coefficient (Wildman–Crippen LogP) is 4.15. The molecular weight excluding hydrogens is 416 g/mol. The number of likely N-dealkylation sites (tertiary alicyclic amines) is 1. The summed E-state index contributed by atoms with van der Waals surface area (Å²) in [5.74, 6) is 0.0382. The number of nitrogens with zero attached hydrogens (tertiary/aromatic N) is 2. The van der Waals surface area contributed by atoms with Crippen LogP contribution in [0.1, 0.15) is 37.0 Å². The normalized spacial score (nSPS) is 20.3. The smallest absolute Gasteiger partial charge is 0.241 e. The molecule has 1 aliphatic heterocycles. The highest BCUT2D eigenvalue weighted by atomic mass is 16.3. The second kappa shape index (κ2) is 8.35. The van der Waals surface area contributed by atoms with Gasteiger partial charge in [0.1, 0.15) is 5.76 Å². The van der Waals surface area contributed by atoms with E-state index in [-0.39, 0.29) is 36.6 Å². The summed E-state index contributed by atoms with van der Waals surface area (Å²) in [4.78, 5) is 42.8. The third-order valence-electron chi connectivity index (χ3n) is 6.66. The Morgan fingerprint density at radius 1 is 1.00 bits per heavy atom. The zero-order valence-corrected chi connectivity index (χ0v) is 18.6. The molecule has 5 rings (SSSR count). The van der Waals surface area contributed by atoms with Crippen LogP contribution in [0.3, 0.4) is 0 Å². The Kier molecular flexibility index (Phi) is 5.36. The van der Waals surface area contributed by atoms with E-state index in [9.17, 15) is 14.4 Å². The molecule has 0 bridgehead atoms. The number of carbonyl (C=O) groups excluding carboxylic acids is 3. The van der Waals surface area contributed by atoms with Crippen LogP contribution in [0.25, 0.3) is 11.1 Å². The molecule has 6 nitrogen and oxygen atoms in total. The van der Waals surface area contributed by atoms with Gasteiger partial charge in [-0.05, 0) is 41.7 Å². The molecule has 1 aliphatic carbocycles. The second-order valence-electron chi connectivity index (χ2n) is 9.01. The number of furan rings is 1. The number of hydrogen-bond donors (Lipinski definition) is 0. The van der Waals surface area contributed by atoms with E-state index in [0.29, 0.717) is 17.9 Å². The van der Waals surface area contributed by atoms with E-state index in [1.54, 1.807) is 30.3 Å². The van der Waals surface area contributed by atoms with Gasteiger partial charge in [0.05, 0.1) is 18.2 Å². The molecule has 6 heteroatoms. The van der Waals surface area contributed by atoms with Crippen LogP contribution in [-0.4, -0.2) is 40.6 Å². The first-order valence-corrected chi connectivity index (χ1v) is 11.3. The Morgan fingerprint density at radius 2 is 1.70 bits per heavy atom. The lowest BCUT2D eigenvalue weighted by Crippen LogP contribution is -2.43. The zero-order valence-electron chi connectivity index (χ0n) is 18.6. The van der Waals surface area contributed by atoms with Gasteiger partial charge in [0.15, 0.2) is 0 Å². The molecule has 1 aromatic heterocycles. The van der Waals surface area contributed by atoms with Crippen molar-refractivity contribution in [2.24, 2.45) is 0 Å². The summed E-state index contributed by atoms with van der Waals surface area (Å²) in [5, 5.41) is 0. The monoisotopic (exact) mass is 442 g/mol. The van der Waals surface area contributed by atoms with Gasteiger partial charge in [-0.25, -0.2) is 0 Å². The van der Waals surface area contributed by atoms with Crippen molar-refractivity contribution in [1.82, 2.24) is 9.80 Å². The third-order valence-corrected chi connectivity index (χ3v) is 6.66. The molecule has 0 unspecified atom stereocenters. The largest absolute Gasteiger partial charge is 0.467 e. The fourth-order valence-electron chi connectivity index (χ4n) is 4.66. The minimum Gasteiger partial charge on any atom is -0.467 e. The molecule has 33 heavy (non-hydrogen) atoms. The van der Waals surface area contributed by atoms with Crippen LogP contribution in [0.5, 0.6) is 0 Å². The van der Waals surface area contributed by atoms with Crippen molar-refractivity contribution in [2.45, 2.75) is 43.7 Å². The Bertz CT molecular complexity index is 1170. The Hall–Kier alpha value is -3.67. The van der Waals surface area contributed by atoms with Gasteiger partial charge < -0.3 is 9.32 Å². The standard InChI is InChI=1S/C27H26N2O4/c1-28(18-23-8-5-15-33-23)24(30)16-27(17-25(31)29(26(27)32)22-13-14-22)21-11-9-20(10-12-21)19-6-3-2-4-7-19/h2-12,15,22H,13-14,16-18H2,1H3/t27-/m0/s1. The Morgan fingerprint density at radius 3 is 2.33 bits per heavy atom. The first-order chi connectivity index (χ1) is 16.0. The van der Waals surface area contributed by atoms with Crippen molar-refractivity contribution in [1.29, 1.82) is 0 Å². The molecule has 0 N–H and O–H groups in total. The Balaban J connectivity index is 1.46. The molecular formula is C27H26N2O4. The van der Waals surface area contributed by atoms with Gasteiger partial charge in [0.2, 0.25) is 17.7 Å². The van der Waals surface area contributed by atoms with Crippen LogP contribution < -0.4 is 0 Å². The molecule has 3 aromatic rings. The van der Waals surface area contributed by atoms with Crippen molar-refractivity contribution >= 4 is 17.7 Å². The molecule has 168 valence electrons. The minimum atomic E-state index is -1.18. The number of rotatable bonds is 7. The molecule has 1 saturated carbocycles. The highest BCUT2D eigenvalue weighted by molar-refractivity contribution is 6.11. The number of amides is 3. The van der Waals surface area contributed by atoms with E-state index in [0.717, 1.165) is 24.0 Å². The van der Waals surface area contributed by atoms with Gasteiger partial charge in [-0.1, -0.05) is 54.6 Å². The van der Waals surface area contributed by atoms with Gasteiger partial charge in [-0.15, -0.1) is 0 Å². The molecule has 2 fully saturated rings.